The molecule has 41 heavy (non-hydrogen) atoms. The number of nitrogens with zero attached hydrogens (tertiary/aromatic N) is 1. The third kappa shape index (κ3) is 9.50. The minimum absolute atomic E-state index is 0.126. The summed E-state index contributed by atoms with van der Waals surface area (Å²) in [6, 6.07) is 2.30. The van der Waals surface area contributed by atoms with Crippen LogP contribution in [0.3, 0.4) is 0 Å². The Bertz CT molecular complexity index is 1180. The molecular weight excluding hydrogens is 524 g/mol. The molecule has 2 heterocycles. The number of aromatic nitrogens is 2. The second kappa shape index (κ2) is 16.6. The number of allylic oxidation sites excluding steroid dienone is 4. The molecule has 1 unspecified atom stereocenters. The molecule has 3 nitrogen and oxygen atoms in total. The third-order valence-electron chi connectivity index (χ3n) is 9.12. The van der Waals surface area contributed by atoms with Gasteiger partial charge < -0.3 is 9.55 Å². The van der Waals surface area contributed by atoms with E-state index in [2.05, 4.69) is 54.6 Å². The lowest BCUT2D eigenvalue weighted by Gasteiger charge is -2.29. The molecule has 0 aliphatic heterocycles. The normalized spacial score (nSPS) is 16.9. The molecule has 1 atom stereocenters. The van der Waals surface area contributed by atoms with Crippen molar-refractivity contribution in [1.82, 2.24) is 9.55 Å². The maximum Gasteiger partial charge on any atom is 0.161 e. The van der Waals surface area contributed by atoms with Crippen LogP contribution in [0.5, 0.6) is 0 Å². The van der Waals surface area contributed by atoms with Crippen LogP contribution in [0, 0.1) is 27.7 Å². The average molecular weight is 581 g/mol. The average Bonchev–Trinajstić information content (AvgIpc) is 3.38. The van der Waals surface area contributed by atoms with Gasteiger partial charge in [-0.05, 0) is 70.2 Å². The Labute approximate surface area is 256 Å². The van der Waals surface area contributed by atoms with Crippen LogP contribution in [0.2, 0.25) is 0 Å². The summed E-state index contributed by atoms with van der Waals surface area (Å²) in [5.74, 6) is 0.126. The van der Waals surface area contributed by atoms with Gasteiger partial charge in [-0.15, -0.1) is 11.6 Å². The molecule has 0 bridgehead atoms. The van der Waals surface area contributed by atoms with E-state index in [1.807, 2.05) is 13.8 Å². The Morgan fingerprint density at radius 2 is 1.46 bits per heavy atom. The van der Waals surface area contributed by atoms with Gasteiger partial charge >= 0.3 is 0 Å². The Morgan fingerprint density at radius 1 is 0.902 bits per heavy atom. The van der Waals surface area contributed by atoms with Crippen molar-refractivity contribution < 1.29 is 4.79 Å². The number of nitrogens with one attached hydrogen (secondary N) is 1. The molecule has 0 radical (unpaired) electrons. The summed E-state index contributed by atoms with van der Waals surface area (Å²) in [4.78, 5) is 15.0. The Hall–Kier alpha value is -2.00. The number of H-pyrrole nitrogens is 1. The molecule has 0 spiro atoms. The zero-order valence-corrected chi connectivity index (χ0v) is 27.8. The van der Waals surface area contributed by atoms with E-state index >= 15 is 0 Å². The van der Waals surface area contributed by atoms with Crippen LogP contribution in [-0.4, -0.2) is 15.3 Å². The number of aryl methyl sites for hydroxylation is 3. The van der Waals surface area contributed by atoms with Crippen molar-refractivity contribution in [2.75, 3.05) is 0 Å². The minimum Gasteiger partial charge on any atom is -0.361 e. The summed E-state index contributed by atoms with van der Waals surface area (Å²) in [6.45, 7) is 13.4. The van der Waals surface area contributed by atoms with Crippen molar-refractivity contribution in [2.45, 2.75) is 156 Å². The van der Waals surface area contributed by atoms with Gasteiger partial charge in [-0.25, -0.2) is 0 Å². The van der Waals surface area contributed by atoms with E-state index in [-0.39, 0.29) is 5.78 Å². The molecule has 0 aromatic carbocycles. The fourth-order valence-electron chi connectivity index (χ4n) is 6.84. The fourth-order valence-corrected chi connectivity index (χ4v) is 7.23. The molecule has 3 rings (SSSR count). The number of hydrogen-bond acceptors (Lipinski definition) is 1. The lowest BCUT2D eigenvalue weighted by atomic mass is 9.89. The first-order valence-corrected chi connectivity index (χ1v) is 17.0. The summed E-state index contributed by atoms with van der Waals surface area (Å²) in [5, 5.41) is 0. The van der Waals surface area contributed by atoms with Crippen molar-refractivity contribution in [2.24, 2.45) is 0 Å². The predicted octanol–water partition coefficient (Wildman–Crippen LogP) is 11.3. The van der Waals surface area contributed by atoms with Crippen molar-refractivity contribution in [3.8, 4) is 0 Å². The first kappa shape index (κ1) is 33.5. The van der Waals surface area contributed by atoms with E-state index in [1.54, 1.807) is 6.92 Å². The van der Waals surface area contributed by atoms with Gasteiger partial charge in [-0.1, -0.05) is 109 Å². The van der Waals surface area contributed by atoms with Crippen LogP contribution in [0.4, 0.5) is 0 Å². The van der Waals surface area contributed by atoms with Crippen molar-refractivity contribution >= 4 is 17.4 Å². The maximum atomic E-state index is 12.0. The van der Waals surface area contributed by atoms with E-state index < -0.39 is 4.87 Å². The molecule has 2 aromatic rings. The second-order valence-electron chi connectivity index (χ2n) is 12.7. The highest BCUT2D eigenvalue weighted by Gasteiger charge is 2.33. The van der Waals surface area contributed by atoms with E-state index in [4.69, 9.17) is 11.6 Å². The predicted molar refractivity (Wildman–Crippen MR) is 178 cm³/mol. The summed E-state index contributed by atoms with van der Waals surface area (Å²) in [6.07, 6.45) is 27.6. The topological polar surface area (TPSA) is 37.8 Å². The van der Waals surface area contributed by atoms with Gasteiger partial charge in [0.1, 0.15) is 4.87 Å². The fraction of sp³-hybridized carbons (Fsp3) is 0.649. The minimum atomic E-state index is -0.511. The molecule has 0 saturated heterocycles. The van der Waals surface area contributed by atoms with Crippen molar-refractivity contribution in [1.29, 1.82) is 0 Å². The van der Waals surface area contributed by atoms with Gasteiger partial charge in [-0.2, -0.15) is 0 Å². The Balaban J connectivity index is 1.44. The lowest BCUT2D eigenvalue weighted by Crippen LogP contribution is -2.23. The smallest absolute Gasteiger partial charge is 0.161 e. The number of carbonyl (C=O) groups excluding carboxylic acids is 1. The third-order valence-corrected chi connectivity index (χ3v) is 9.58. The number of Topliss-reactive ketones (excluding diaryl/α,β-unsaturated/α-hetero) is 1. The Morgan fingerprint density at radius 3 is 1.95 bits per heavy atom. The molecular formula is C37H57ClN2O. The highest BCUT2D eigenvalue weighted by atomic mass is 35.5. The standard InChI is InChI=1S/C37H57ClN2O/c1-7-8-9-10-11-12-13-14-15-16-17-18-19-20-25-40-29(3)26-28(2)36(40)37(38)23-21-33(22-24-37)27-34-30(4)35(32(6)41)31(5)39-34/h21-23,26,39H,7-20,24-25,27H2,1-6H3. The number of aromatic amines is 1. The number of alkyl halides is 1. The van der Waals surface area contributed by atoms with Crippen molar-refractivity contribution in [3.05, 3.63) is 69.3 Å². The van der Waals surface area contributed by atoms with Gasteiger partial charge in [0, 0.05) is 41.3 Å². The molecule has 2 aromatic heterocycles. The maximum absolute atomic E-state index is 12.0. The number of halogens is 1. The van der Waals surface area contributed by atoms with Crippen molar-refractivity contribution in [3.63, 3.8) is 0 Å². The van der Waals surface area contributed by atoms with Crippen LogP contribution in [0.1, 0.15) is 154 Å². The van der Waals surface area contributed by atoms with Crippen LogP contribution in [0.15, 0.2) is 29.9 Å². The highest BCUT2D eigenvalue weighted by molar-refractivity contribution is 6.25. The highest BCUT2D eigenvalue weighted by Crippen LogP contribution is 2.41. The molecule has 0 fully saturated rings. The summed E-state index contributed by atoms with van der Waals surface area (Å²) in [5.41, 5.74) is 9.09. The number of rotatable bonds is 19. The molecule has 1 aliphatic rings. The van der Waals surface area contributed by atoms with Crippen LogP contribution >= 0.6 is 11.6 Å². The monoisotopic (exact) mass is 580 g/mol. The quantitative estimate of drug-likeness (QED) is 0.100. The van der Waals surface area contributed by atoms with E-state index in [1.165, 1.54) is 112 Å². The van der Waals surface area contributed by atoms with Crippen LogP contribution in [0.25, 0.3) is 0 Å². The van der Waals surface area contributed by atoms with Gasteiger partial charge in [0.2, 0.25) is 0 Å². The molecule has 1 aliphatic carbocycles. The van der Waals surface area contributed by atoms with Crippen LogP contribution in [-0.2, 0) is 17.8 Å². The number of ketones is 1. The number of unbranched alkanes of at least 4 members (excludes halogenated alkanes) is 13. The Kier molecular flexibility index (Phi) is 13.6. The van der Waals surface area contributed by atoms with E-state index in [0.29, 0.717) is 0 Å². The SMILES string of the molecule is CCCCCCCCCCCCCCCCn1c(C)cc(C)c1C1(Cl)C=CC(Cc2[nH]c(C)c(C(C)=O)c2C)=CC1. The number of carbonyl (C=O) groups is 1. The largest absolute Gasteiger partial charge is 0.361 e. The summed E-state index contributed by atoms with van der Waals surface area (Å²) < 4.78 is 2.48. The summed E-state index contributed by atoms with van der Waals surface area (Å²) in [7, 11) is 0. The molecule has 1 N–H and O–H groups in total. The zero-order chi connectivity index (χ0) is 29.8. The van der Waals surface area contributed by atoms with Gasteiger partial charge in [-0.3, -0.25) is 4.79 Å². The van der Waals surface area contributed by atoms with Crippen LogP contribution < -0.4 is 0 Å². The van der Waals surface area contributed by atoms with Gasteiger partial charge in [0.05, 0.1) is 0 Å². The molecule has 0 amide bonds. The number of hydrogen-bond donors (Lipinski definition) is 1. The molecule has 228 valence electrons. The first-order chi connectivity index (χ1) is 19.7. The zero-order valence-electron chi connectivity index (χ0n) is 27.1. The van der Waals surface area contributed by atoms with Gasteiger partial charge in [0.15, 0.2) is 5.78 Å². The molecule has 4 heteroatoms. The van der Waals surface area contributed by atoms with Gasteiger partial charge in [0.25, 0.3) is 0 Å². The van der Waals surface area contributed by atoms with E-state index in [9.17, 15) is 4.79 Å². The summed E-state index contributed by atoms with van der Waals surface area (Å²) >= 11 is 7.36. The molecule has 0 saturated carbocycles. The second-order valence-corrected chi connectivity index (χ2v) is 13.4. The lowest BCUT2D eigenvalue weighted by molar-refractivity contribution is 0.101. The first-order valence-electron chi connectivity index (χ1n) is 16.6. The van der Waals surface area contributed by atoms with E-state index in [0.717, 1.165) is 41.9 Å².